The number of carbonyl (C=O) groups excluding carboxylic acids is 4. The van der Waals surface area contributed by atoms with Gasteiger partial charge in [-0.3, -0.25) is 14.4 Å². The molecule has 0 unspecified atom stereocenters. The van der Waals surface area contributed by atoms with Gasteiger partial charge in [0, 0.05) is 5.56 Å². The van der Waals surface area contributed by atoms with Crippen LogP contribution < -0.4 is 9.64 Å². The molecule has 0 saturated carbocycles. The monoisotopic (exact) mass is 429 g/mol. The highest BCUT2D eigenvalue weighted by Gasteiger charge is 2.37. The Morgan fingerprint density at radius 1 is 0.812 bits per heavy atom. The van der Waals surface area contributed by atoms with Gasteiger partial charge >= 0.3 is 5.97 Å². The lowest BCUT2D eigenvalue weighted by Gasteiger charge is -2.14. The van der Waals surface area contributed by atoms with Crippen molar-refractivity contribution in [2.75, 3.05) is 12.0 Å². The Morgan fingerprint density at radius 2 is 1.47 bits per heavy atom. The van der Waals surface area contributed by atoms with Crippen molar-refractivity contribution in [2.45, 2.75) is 13.0 Å². The van der Waals surface area contributed by atoms with Gasteiger partial charge in [0.15, 0.2) is 6.10 Å². The zero-order valence-electron chi connectivity index (χ0n) is 17.4. The summed E-state index contributed by atoms with van der Waals surface area (Å²) >= 11 is 0. The number of benzene rings is 3. The first-order valence-electron chi connectivity index (χ1n) is 9.88. The van der Waals surface area contributed by atoms with Crippen LogP contribution in [-0.2, 0) is 4.74 Å². The smallest absolute Gasteiger partial charge is 0.338 e. The van der Waals surface area contributed by atoms with E-state index in [1.807, 2.05) is 0 Å². The van der Waals surface area contributed by atoms with Gasteiger partial charge in [-0.05, 0) is 49.4 Å². The molecule has 3 aromatic carbocycles. The Labute approximate surface area is 184 Å². The second kappa shape index (κ2) is 8.47. The van der Waals surface area contributed by atoms with Crippen molar-refractivity contribution in [3.8, 4) is 5.75 Å². The molecule has 1 aliphatic heterocycles. The SMILES string of the molecule is COc1ccc(N2C(=O)c3ccc(C(=O)O[C@@H](C)C(=O)c4ccccc4)cc3C2=O)cc1. The van der Waals surface area contributed by atoms with Gasteiger partial charge in [-0.2, -0.15) is 0 Å². The predicted molar refractivity (Wildman–Crippen MR) is 116 cm³/mol. The maximum Gasteiger partial charge on any atom is 0.338 e. The van der Waals surface area contributed by atoms with Crippen LogP contribution in [0, 0.1) is 0 Å². The summed E-state index contributed by atoms with van der Waals surface area (Å²) in [5.74, 6) is -1.53. The standard InChI is InChI=1S/C25H19NO6/c1-15(22(27)16-6-4-3-5-7-16)32-25(30)17-8-13-20-21(14-17)24(29)26(23(20)28)18-9-11-19(31-2)12-10-18/h3-15H,1-2H3/t15-/m0/s1. The number of hydrogen-bond donors (Lipinski definition) is 0. The zero-order valence-corrected chi connectivity index (χ0v) is 17.4. The van der Waals surface area contributed by atoms with E-state index in [-0.39, 0.29) is 22.5 Å². The fraction of sp³-hybridized carbons (Fsp3) is 0.120. The first kappa shape index (κ1) is 21.0. The molecule has 1 atom stereocenters. The molecule has 0 fully saturated rings. The Bertz CT molecular complexity index is 1220. The highest BCUT2D eigenvalue weighted by atomic mass is 16.5. The minimum Gasteiger partial charge on any atom is -0.497 e. The number of anilines is 1. The summed E-state index contributed by atoms with van der Waals surface area (Å²) in [7, 11) is 1.52. The molecule has 7 nitrogen and oxygen atoms in total. The molecule has 160 valence electrons. The number of carbonyl (C=O) groups is 4. The Hall–Kier alpha value is -4.26. The number of nitrogens with zero attached hydrogens (tertiary/aromatic N) is 1. The normalized spacial score (nSPS) is 13.5. The Kier molecular flexibility index (Phi) is 5.55. The van der Waals surface area contributed by atoms with Crippen LogP contribution in [0.3, 0.4) is 0 Å². The van der Waals surface area contributed by atoms with Crippen molar-refractivity contribution >= 4 is 29.3 Å². The number of esters is 1. The van der Waals surface area contributed by atoms with E-state index in [9.17, 15) is 19.2 Å². The number of ketones is 1. The molecule has 0 bridgehead atoms. The molecule has 0 aromatic heterocycles. The van der Waals surface area contributed by atoms with Crippen molar-refractivity contribution in [3.63, 3.8) is 0 Å². The van der Waals surface area contributed by atoms with E-state index in [2.05, 4.69) is 0 Å². The summed E-state index contributed by atoms with van der Waals surface area (Å²) in [5.41, 5.74) is 1.19. The Balaban J connectivity index is 1.54. The van der Waals surface area contributed by atoms with Crippen molar-refractivity contribution in [1.82, 2.24) is 0 Å². The van der Waals surface area contributed by atoms with Crippen LogP contribution in [0.2, 0.25) is 0 Å². The molecular weight excluding hydrogens is 410 g/mol. The maximum absolute atomic E-state index is 12.9. The minimum absolute atomic E-state index is 0.0780. The van der Waals surface area contributed by atoms with Crippen LogP contribution >= 0.6 is 0 Å². The van der Waals surface area contributed by atoms with Crippen molar-refractivity contribution in [2.24, 2.45) is 0 Å². The number of methoxy groups -OCH3 is 1. The van der Waals surface area contributed by atoms with Gasteiger partial charge in [0.2, 0.25) is 5.78 Å². The molecule has 1 aliphatic rings. The largest absolute Gasteiger partial charge is 0.497 e. The molecule has 4 rings (SSSR count). The molecule has 0 spiro atoms. The highest BCUT2D eigenvalue weighted by molar-refractivity contribution is 6.34. The molecule has 7 heteroatoms. The highest BCUT2D eigenvalue weighted by Crippen LogP contribution is 2.30. The van der Waals surface area contributed by atoms with Gasteiger partial charge < -0.3 is 9.47 Å². The van der Waals surface area contributed by atoms with Crippen LogP contribution in [0.1, 0.15) is 48.4 Å². The third kappa shape index (κ3) is 3.76. The molecule has 1 heterocycles. The van der Waals surface area contributed by atoms with E-state index in [1.54, 1.807) is 54.6 Å². The second-order valence-electron chi connectivity index (χ2n) is 7.18. The number of fused-ring (bicyclic) bond motifs is 1. The molecule has 2 amide bonds. The zero-order chi connectivity index (χ0) is 22.8. The lowest BCUT2D eigenvalue weighted by Crippen LogP contribution is -2.29. The predicted octanol–water partition coefficient (Wildman–Crippen LogP) is 3.92. The van der Waals surface area contributed by atoms with Crippen LogP contribution in [0.25, 0.3) is 0 Å². The van der Waals surface area contributed by atoms with Crippen molar-refractivity contribution in [3.05, 3.63) is 95.1 Å². The summed E-state index contributed by atoms with van der Waals surface area (Å²) in [6.07, 6.45) is -1.01. The number of amides is 2. The fourth-order valence-electron chi connectivity index (χ4n) is 3.45. The topological polar surface area (TPSA) is 90.0 Å². The number of imide groups is 1. The van der Waals surface area contributed by atoms with Gasteiger partial charge in [0.1, 0.15) is 5.75 Å². The maximum atomic E-state index is 12.9. The van der Waals surface area contributed by atoms with E-state index in [0.717, 1.165) is 4.90 Å². The Morgan fingerprint density at radius 3 is 2.12 bits per heavy atom. The van der Waals surface area contributed by atoms with E-state index in [4.69, 9.17) is 9.47 Å². The number of Topliss-reactive ketones (excluding diaryl/α,β-unsaturated/α-hetero) is 1. The van der Waals surface area contributed by atoms with Gasteiger partial charge in [-0.15, -0.1) is 0 Å². The molecule has 0 N–H and O–H groups in total. The van der Waals surface area contributed by atoms with Crippen molar-refractivity contribution in [1.29, 1.82) is 0 Å². The van der Waals surface area contributed by atoms with Crippen LogP contribution in [0.4, 0.5) is 5.69 Å². The van der Waals surface area contributed by atoms with Crippen LogP contribution in [-0.4, -0.2) is 36.8 Å². The van der Waals surface area contributed by atoms with E-state index >= 15 is 0 Å². The third-order valence-corrected chi connectivity index (χ3v) is 5.16. The molecular formula is C25H19NO6. The first-order valence-corrected chi connectivity index (χ1v) is 9.88. The van der Waals surface area contributed by atoms with Crippen LogP contribution in [0.15, 0.2) is 72.8 Å². The average molecular weight is 429 g/mol. The van der Waals surface area contributed by atoms with Gasteiger partial charge in [0.05, 0.1) is 29.5 Å². The number of ether oxygens (including phenoxy) is 2. The number of rotatable bonds is 6. The summed E-state index contributed by atoms with van der Waals surface area (Å²) in [6, 6.07) is 19.1. The van der Waals surface area contributed by atoms with E-state index in [1.165, 1.54) is 32.2 Å². The minimum atomic E-state index is -1.01. The molecule has 0 radical (unpaired) electrons. The number of hydrogen-bond acceptors (Lipinski definition) is 6. The summed E-state index contributed by atoms with van der Waals surface area (Å²) in [5, 5.41) is 0. The van der Waals surface area contributed by atoms with E-state index < -0.39 is 23.9 Å². The molecule has 32 heavy (non-hydrogen) atoms. The quantitative estimate of drug-likeness (QED) is 0.335. The average Bonchev–Trinajstić information content (AvgIpc) is 3.08. The summed E-state index contributed by atoms with van der Waals surface area (Å²) < 4.78 is 10.4. The van der Waals surface area contributed by atoms with Crippen LogP contribution in [0.5, 0.6) is 5.75 Å². The van der Waals surface area contributed by atoms with Gasteiger partial charge in [-0.25, -0.2) is 9.69 Å². The lowest BCUT2D eigenvalue weighted by molar-refractivity contribution is 0.0318. The summed E-state index contributed by atoms with van der Waals surface area (Å²) in [4.78, 5) is 51.8. The first-order chi connectivity index (χ1) is 15.4. The molecule has 3 aromatic rings. The summed E-state index contributed by atoms with van der Waals surface area (Å²) in [6.45, 7) is 1.49. The fourth-order valence-corrected chi connectivity index (χ4v) is 3.45. The van der Waals surface area contributed by atoms with Gasteiger partial charge in [0.25, 0.3) is 11.8 Å². The lowest BCUT2D eigenvalue weighted by atomic mass is 10.1. The van der Waals surface area contributed by atoms with Crippen molar-refractivity contribution < 1.29 is 28.7 Å². The third-order valence-electron chi connectivity index (χ3n) is 5.16. The van der Waals surface area contributed by atoms with E-state index in [0.29, 0.717) is 17.0 Å². The van der Waals surface area contributed by atoms with Gasteiger partial charge in [-0.1, -0.05) is 30.3 Å². The molecule has 0 aliphatic carbocycles. The molecule has 0 saturated heterocycles. The second-order valence-corrected chi connectivity index (χ2v) is 7.18.